The number of ether oxygens (including phenoxy) is 5. The quantitative estimate of drug-likeness (QED) is 0.0710. The van der Waals surface area contributed by atoms with Crippen LogP contribution in [0.5, 0.6) is 17.2 Å². The molecule has 0 unspecified atom stereocenters. The highest BCUT2D eigenvalue weighted by Crippen LogP contribution is 2.36. The summed E-state index contributed by atoms with van der Waals surface area (Å²) in [6.45, 7) is 3.76. The van der Waals surface area contributed by atoms with Crippen LogP contribution in [-0.2, 0) is 33.5 Å². The minimum Gasteiger partial charge on any atom is -0.505 e. The topological polar surface area (TPSA) is 182 Å². The highest BCUT2D eigenvalue weighted by molar-refractivity contribution is 6.05. The molecule has 0 bridgehead atoms. The lowest BCUT2D eigenvalue weighted by Crippen LogP contribution is -2.07. The third kappa shape index (κ3) is 14.5. The van der Waals surface area contributed by atoms with Crippen molar-refractivity contribution in [2.75, 3.05) is 41.3 Å². The minimum absolute atomic E-state index is 0. The Bertz CT molecular complexity index is 3380. The Morgan fingerprint density at radius 3 is 1.13 bits per heavy atom. The minimum atomic E-state index is -0.602. The van der Waals surface area contributed by atoms with Gasteiger partial charge in [0.2, 0.25) is 0 Å². The molecule has 0 atom stereocenters. The molecule has 0 radical (unpaired) electrons. The Balaban J connectivity index is 0.000000300. The largest absolute Gasteiger partial charge is 0.505 e. The van der Waals surface area contributed by atoms with Crippen LogP contribution in [0.1, 0.15) is 105 Å². The molecule has 78 heavy (non-hydrogen) atoms. The van der Waals surface area contributed by atoms with Crippen molar-refractivity contribution in [1.29, 1.82) is 0 Å². The Morgan fingerprint density at radius 2 is 0.756 bits per heavy atom. The number of methoxy groups -OCH3 is 5. The Morgan fingerprint density at radius 1 is 0.449 bits per heavy atom. The molecule has 0 amide bonds. The Kier molecular flexibility index (Phi) is 22.9. The number of phenols is 1. The van der Waals surface area contributed by atoms with E-state index in [1.807, 2.05) is 32.0 Å². The normalized spacial score (nSPS) is 10.2. The number of aromatic nitrogens is 3. The van der Waals surface area contributed by atoms with Gasteiger partial charge < -0.3 is 34.5 Å². The molecule has 3 aromatic heterocycles. The summed E-state index contributed by atoms with van der Waals surface area (Å²) < 4.78 is 64.1. The number of pyridine rings is 3. The molecule has 9 aromatic rings. The molecule has 9 rings (SSSR count). The predicted molar refractivity (Wildman–Crippen MR) is 302 cm³/mol. The predicted octanol–water partition coefficient (Wildman–Crippen LogP) is 13.7. The molecule has 0 saturated carbocycles. The Hall–Kier alpha value is -9.05. The number of nitrogens with two attached hydrogens (primary N) is 1. The van der Waals surface area contributed by atoms with Gasteiger partial charge in [-0.1, -0.05) is 66.1 Å². The van der Waals surface area contributed by atoms with Gasteiger partial charge >= 0.3 is 17.9 Å². The number of hydrogen-bond donors (Lipinski definition) is 2. The molecular weight excluding hydrogens is 1000 g/mol. The van der Waals surface area contributed by atoms with Gasteiger partial charge in [0.15, 0.2) is 17.2 Å². The number of benzene rings is 6. The van der Waals surface area contributed by atoms with E-state index in [0.717, 1.165) is 55.3 Å². The van der Waals surface area contributed by atoms with Crippen molar-refractivity contribution >= 4 is 56.3 Å². The number of nitrogen functional groups attached to an aromatic ring is 1. The van der Waals surface area contributed by atoms with E-state index in [0.29, 0.717) is 63.9 Å². The first-order valence-corrected chi connectivity index (χ1v) is 22.9. The van der Waals surface area contributed by atoms with E-state index in [-0.39, 0.29) is 64.0 Å². The van der Waals surface area contributed by atoms with Crippen LogP contribution >= 0.6 is 0 Å². The van der Waals surface area contributed by atoms with E-state index in [2.05, 4.69) is 19.7 Å². The van der Waals surface area contributed by atoms with Gasteiger partial charge in [0, 0.05) is 40.4 Å². The molecule has 0 aliphatic heterocycles. The maximum absolute atomic E-state index is 13.0. The number of hydrogen-bond acceptors (Lipinski definition) is 13. The second kappa shape index (κ2) is 28.2. The molecule has 0 fully saturated rings. The average Bonchev–Trinajstić information content (AvgIpc) is 3.41. The zero-order chi connectivity index (χ0) is 53.2. The summed E-state index contributed by atoms with van der Waals surface area (Å²) in [4.78, 5) is 48.8. The zero-order valence-corrected chi connectivity index (χ0v) is 41.5. The number of anilines is 1. The number of esters is 3. The molecule has 410 valence electrons. The van der Waals surface area contributed by atoms with Gasteiger partial charge in [-0.2, -0.15) is 0 Å². The van der Waals surface area contributed by atoms with E-state index in [1.54, 1.807) is 67.1 Å². The summed E-state index contributed by atoms with van der Waals surface area (Å²) in [5.74, 6) is -1.86. The van der Waals surface area contributed by atoms with Crippen LogP contribution in [0, 0.1) is 31.3 Å². The van der Waals surface area contributed by atoms with E-state index < -0.39 is 17.9 Å². The Labute approximate surface area is 453 Å². The SMILES string of the molecule is C.C.C.C.COC(=O)c1cc(C)c2cc(Cc3ccc(F)cc3)cnc2c1O.COC(=O)c1cc(C)c2cc(Cc3ccc(F)cc3)cnc2c1OC.COC(=O)c1cc(N)c2cc(Cc3ccc(F)cc3)cnc2c1OC. The summed E-state index contributed by atoms with van der Waals surface area (Å²) in [5.41, 5.74) is 16.1. The first kappa shape index (κ1) is 63.2. The summed E-state index contributed by atoms with van der Waals surface area (Å²) in [6.07, 6.45) is 6.91. The number of nitrogens with zero attached hydrogens (tertiary/aromatic N) is 3. The van der Waals surface area contributed by atoms with Crippen LogP contribution in [0.4, 0.5) is 18.9 Å². The number of halogens is 3. The van der Waals surface area contributed by atoms with Crippen molar-refractivity contribution in [1.82, 2.24) is 15.0 Å². The van der Waals surface area contributed by atoms with Crippen LogP contribution in [0.2, 0.25) is 0 Å². The van der Waals surface area contributed by atoms with Crippen LogP contribution in [-0.4, -0.2) is 73.5 Å². The highest BCUT2D eigenvalue weighted by Gasteiger charge is 2.22. The molecule has 3 heterocycles. The number of carbonyl (C=O) groups is 3. The fraction of sp³-hybridized carbons (Fsp3) is 0.226. The molecule has 0 aliphatic carbocycles. The third-order valence-electron chi connectivity index (χ3n) is 12.0. The van der Waals surface area contributed by atoms with Gasteiger partial charge in [-0.25, -0.2) is 27.6 Å². The van der Waals surface area contributed by atoms with Gasteiger partial charge in [0.05, 0.1) is 35.5 Å². The second-order valence-corrected chi connectivity index (χ2v) is 17.0. The van der Waals surface area contributed by atoms with Gasteiger partial charge in [-0.15, -0.1) is 0 Å². The lowest BCUT2D eigenvalue weighted by atomic mass is 10.00. The smallest absolute Gasteiger partial charge is 0.341 e. The summed E-state index contributed by atoms with van der Waals surface area (Å²) in [5, 5.41) is 12.6. The van der Waals surface area contributed by atoms with E-state index in [1.165, 1.54) is 78.0 Å². The van der Waals surface area contributed by atoms with Crippen LogP contribution in [0.15, 0.2) is 128 Å². The number of phenolic OH excluding ortho intramolecular Hbond substituents is 1. The van der Waals surface area contributed by atoms with Crippen LogP contribution in [0.25, 0.3) is 32.7 Å². The molecule has 0 saturated heterocycles. The van der Waals surface area contributed by atoms with Crippen LogP contribution < -0.4 is 15.2 Å². The number of fused-ring (bicyclic) bond motifs is 3. The van der Waals surface area contributed by atoms with Crippen molar-refractivity contribution < 1.29 is 56.3 Å². The molecule has 6 aromatic carbocycles. The van der Waals surface area contributed by atoms with E-state index in [4.69, 9.17) is 24.7 Å². The molecule has 13 nitrogen and oxygen atoms in total. The second-order valence-electron chi connectivity index (χ2n) is 17.0. The van der Waals surface area contributed by atoms with E-state index >= 15 is 0 Å². The fourth-order valence-corrected chi connectivity index (χ4v) is 8.31. The van der Waals surface area contributed by atoms with Gasteiger partial charge in [-0.05, 0) is 150 Å². The average molecular weight is 1070 g/mol. The fourth-order valence-electron chi connectivity index (χ4n) is 8.31. The van der Waals surface area contributed by atoms with Gasteiger partial charge in [0.1, 0.15) is 50.7 Å². The highest BCUT2D eigenvalue weighted by atomic mass is 19.1. The number of aryl methyl sites for hydroxylation is 2. The zero-order valence-electron chi connectivity index (χ0n) is 41.5. The molecule has 0 aliphatic rings. The molecule has 3 N–H and O–H groups in total. The molecule has 0 spiro atoms. The van der Waals surface area contributed by atoms with Crippen molar-refractivity contribution in [3.05, 3.63) is 206 Å². The van der Waals surface area contributed by atoms with Crippen molar-refractivity contribution in [3.8, 4) is 17.2 Å². The van der Waals surface area contributed by atoms with Crippen molar-refractivity contribution in [3.63, 3.8) is 0 Å². The van der Waals surface area contributed by atoms with Crippen LogP contribution in [0.3, 0.4) is 0 Å². The third-order valence-corrected chi connectivity index (χ3v) is 12.0. The number of carbonyl (C=O) groups excluding carboxylic acids is 3. The molecular formula is C62H67F3N4O9. The lowest BCUT2D eigenvalue weighted by Gasteiger charge is -2.13. The van der Waals surface area contributed by atoms with E-state index in [9.17, 15) is 32.7 Å². The first-order valence-electron chi connectivity index (χ1n) is 22.9. The summed E-state index contributed by atoms with van der Waals surface area (Å²) in [6, 6.07) is 29.7. The summed E-state index contributed by atoms with van der Waals surface area (Å²) >= 11 is 0. The maximum atomic E-state index is 13.0. The maximum Gasteiger partial charge on any atom is 0.341 e. The van der Waals surface area contributed by atoms with Crippen molar-refractivity contribution in [2.45, 2.75) is 62.8 Å². The first-order chi connectivity index (χ1) is 35.5. The number of rotatable bonds is 11. The standard InChI is InChI=1S/C20H18FNO3.C19H17FN2O3.C19H16FNO3.4CH4/c1-12-8-17(20(23)25-3)19(24-2)18-16(12)10-14(11-22-18)9-13-4-6-15(21)7-5-13;1-24-18-15(19(23)25-2)9-16(21)14-8-12(10-22-17(14)18)7-11-3-5-13(20)6-4-11;1-11-7-16(19(23)24-2)18(22)17-15(11)9-13(10-21-17)8-12-3-5-14(20)6-4-12;;;;/h4-8,10-11H,9H2,1-3H3;3-6,8-10H,7,21H2,1-2H3;3-7,9-10,22H,8H2,1-2H3;4*1H4. The monoisotopic (exact) mass is 1070 g/mol. The van der Waals surface area contributed by atoms with Gasteiger partial charge in [0.25, 0.3) is 0 Å². The summed E-state index contributed by atoms with van der Waals surface area (Å²) in [7, 11) is 6.86. The number of aromatic hydroxyl groups is 1. The van der Waals surface area contributed by atoms with Gasteiger partial charge in [-0.3, -0.25) is 15.0 Å². The molecule has 16 heteroatoms. The lowest BCUT2D eigenvalue weighted by molar-refractivity contribution is 0.0588. The van der Waals surface area contributed by atoms with Crippen molar-refractivity contribution in [2.24, 2.45) is 0 Å².